The quantitative estimate of drug-likeness (QED) is 0.797. The van der Waals surface area contributed by atoms with Crippen LogP contribution in [0.1, 0.15) is 36.0 Å². The molecule has 2 bridgehead atoms. The highest BCUT2D eigenvalue weighted by molar-refractivity contribution is 5.94. The van der Waals surface area contributed by atoms with Gasteiger partial charge in [0.1, 0.15) is 0 Å². The van der Waals surface area contributed by atoms with Crippen LogP contribution in [-0.2, 0) is 9.53 Å². The average Bonchev–Trinajstić information content (AvgIpc) is 2.82. The highest BCUT2D eigenvalue weighted by atomic mass is 16.5. The number of hydrogen-bond donors (Lipinski definition) is 0. The molecule has 2 aliphatic heterocycles. The summed E-state index contributed by atoms with van der Waals surface area (Å²) in [5.74, 6) is -0.0921. The first-order valence-corrected chi connectivity index (χ1v) is 8.25. The third kappa shape index (κ3) is 3.24. The molecule has 3 rings (SSSR count). The molecular formula is C18H24N2O3. The molecule has 1 aromatic carbocycles. The number of ether oxygens (including phenoxy) is 1. The van der Waals surface area contributed by atoms with Gasteiger partial charge in [-0.1, -0.05) is 18.2 Å². The van der Waals surface area contributed by atoms with Crippen molar-refractivity contribution < 1.29 is 14.3 Å². The van der Waals surface area contributed by atoms with Crippen molar-refractivity contribution >= 4 is 11.9 Å². The van der Waals surface area contributed by atoms with E-state index in [4.69, 9.17) is 4.74 Å². The first kappa shape index (κ1) is 16.0. The number of hydrogen-bond acceptors (Lipinski definition) is 4. The Morgan fingerprint density at radius 3 is 2.35 bits per heavy atom. The van der Waals surface area contributed by atoms with Gasteiger partial charge in [0.2, 0.25) is 0 Å². The van der Waals surface area contributed by atoms with Gasteiger partial charge in [0.15, 0.2) is 0 Å². The second-order valence-electron chi connectivity index (χ2n) is 6.54. The van der Waals surface area contributed by atoms with E-state index in [1.165, 1.54) is 7.11 Å². The Bertz CT molecular complexity index is 561. The number of rotatable bonds is 4. The van der Waals surface area contributed by atoms with Gasteiger partial charge >= 0.3 is 5.97 Å². The summed E-state index contributed by atoms with van der Waals surface area (Å²) in [7, 11) is 3.33. The summed E-state index contributed by atoms with van der Waals surface area (Å²) < 4.78 is 4.80. The second kappa shape index (κ2) is 6.71. The normalized spacial score (nSPS) is 26.8. The zero-order valence-electron chi connectivity index (χ0n) is 13.8. The van der Waals surface area contributed by atoms with E-state index in [9.17, 15) is 9.59 Å². The molecule has 124 valence electrons. The summed E-state index contributed by atoms with van der Waals surface area (Å²) in [6.45, 7) is 0.370. The molecule has 0 aliphatic carbocycles. The summed E-state index contributed by atoms with van der Waals surface area (Å²) in [4.78, 5) is 28.4. The number of piperidine rings is 1. The Kier molecular flexibility index (Phi) is 4.66. The number of carbonyl (C=O) groups excluding carboxylic acids is 2. The highest BCUT2D eigenvalue weighted by Gasteiger charge is 2.43. The van der Waals surface area contributed by atoms with Crippen LogP contribution in [0.5, 0.6) is 0 Å². The fourth-order valence-corrected chi connectivity index (χ4v) is 3.98. The Balaban J connectivity index is 1.66. The second-order valence-corrected chi connectivity index (χ2v) is 6.54. The molecule has 23 heavy (non-hydrogen) atoms. The van der Waals surface area contributed by atoms with Crippen LogP contribution in [0.4, 0.5) is 0 Å². The molecule has 2 fully saturated rings. The Morgan fingerprint density at radius 2 is 1.78 bits per heavy atom. The highest BCUT2D eigenvalue weighted by Crippen LogP contribution is 2.37. The molecule has 0 saturated carbocycles. The van der Waals surface area contributed by atoms with Crippen molar-refractivity contribution in [1.29, 1.82) is 0 Å². The molecular weight excluding hydrogens is 292 g/mol. The first-order valence-electron chi connectivity index (χ1n) is 8.25. The molecule has 1 amide bonds. The first-order chi connectivity index (χ1) is 11.1. The number of carbonyl (C=O) groups is 2. The molecule has 0 spiro atoms. The molecule has 5 nitrogen and oxygen atoms in total. The predicted molar refractivity (Wildman–Crippen MR) is 87.1 cm³/mol. The van der Waals surface area contributed by atoms with E-state index >= 15 is 0 Å². The molecule has 0 N–H and O–H groups in total. The number of fused-ring (bicyclic) bond motifs is 2. The fraction of sp³-hybridized carbons (Fsp3) is 0.556. The van der Waals surface area contributed by atoms with Gasteiger partial charge < -0.3 is 9.64 Å². The van der Waals surface area contributed by atoms with E-state index in [2.05, 4.69) is 4.90 Å². The minimum absolute atomic E-state index is 0.0800. The summed E-state index contributed by atoms with van der Waals surface area (Å²) in [6.07, 6.45) is 4.07. The molecule has 1 aromatic rings. The van der Waals surface area contributed by atoms with E-state index < -0.39 is 0 Å². The van der Waals surface area contributed by atoms with Crippen LogP contribution in [0, 0.1) is 0 Å². The molecule has 0 aromatic heterocycles. The van der Waals surface area contributed by atoms with Crippen molar-refractivity contribution in [1.82, 2.24) is 9.80 Å². The lowest BCUT2D eigenvalue weighted by atomic mass is 9.95. The Labute approximate surface area is 137 Å². The van der Waals surface area contributed by atoms with E-state index in [1.807, 2.05) is 42.3 Å². The van der Waals surface area contributed by atoms with Crippen LogP contribution >= 0.6 is 0 Å². The van der Waals surface area contributed by atoms with Crippen LogP contribution in [0.15, 0.2) is 30.3 Å². The average molecular weight is 316 g/mol. The van der Waals surface area contributed by atoms with Gasteiger partial charge in [-0.2, -0.15) is 0 Å². The molecule has 0 radical (unpaired) electrons. The van der Waals surface area contributed by atoms with E-state index in [-0.39, 0.29) is 17.9 Å². The number of benzene rings is 1. The van der Waals surface area contributed by atoms with Crippen molar-refractivity contribution in [2.24, 2.45) is 0 Å². The molecule has 2 saturated heterocycles. The van der Waals surface area contributed by atoms with E-state index in [0.29, 0.717) is 18.6 Å². The summed E-state index contributed by atoms with van der Waals surface area (Å²) in [6, 6.07) is 10.4. The number of amides is 1. The van der Waals surface area contributed by atoms with E-state index in [1.54, 1.807) is 0 Å². The van der Waals surface area contributed by atoms with Crippen molar-refractivity contribution in [2.75, 3.05) is 20.7 Å². The number of methoxy groups -OCH3 is 1. The monoisotopic (exact) mass is 316 g/mol. The Morgan fingerprint density at radius 1 is 1.17 bits per heavy atom. The molecule has 2 heterocycles. The van der Waals surface area contributed by atoms with Gasteiger partial charge in [0.25, 0.3) is 5.91 Å². The smallest absolute Gasteiger partial charge is 0.319 e. The van der Waals surface area contributed by atoms with Crippen molar-refractivity contribution in [3.05, 3.63) is 35.9 Å². The molecule has 2 aliphatic rings. The fourth-order valence-electron chi connectivity index (χ4n) is 3.98. The molecule has 5 heteroatoms. The summed E-state index contributed by atoms with van der Waals surface area (Å²) in [5.41, 5.74) is 0.735. The van der Waals surface area contributed by atoms with Gasteiger partial charge in [-0.25, -0.2) is 0 Å². The Hall–Kier alpha value is -1.88. The number of esters is 1. The van der Waals surface area contributed by atoms with Crippen LogP contribution in [0.25, 0.3) is 0 Å². The van der Waals surface area contributed by atoms with Gasteiger partial charge in [0, 0.05) is 30.7 Å². The van der Waals surface area contributed by atoms with E-state index in [0.717, 1.165) is 31.2 Å². The minimum Gasteiger partial charge on any atom is -0.468 e. The largest absolute Gasteiger partial charge is 0.468 e. The lowest BCUT2D eigenvalue weighted by Gasteiger charge is -2.41. The maximum Gasteiger partial charge on any atom is 0.319 e. The van der Waals surface area contributed by atoms with Gasteiger partial charge in [-0.05, 0) is 37.8 Å². The molecule has 2 atom stereocenters. The zero-order chi connectivity index (χ0) is 16.4. The topological polar surface area (TPSA) is 49.9 Å². The van der Waals surface area contributed by atoms with Crippen molar-refractivity contribution in [3.63, 3.8) is 0 Å². The summed E-state index contributed by atoms with van der Waals surface area (Å²) in [5, 5.41) is 0. The maximum atomic E-state index is 12.6. The standard InChI is InChI=1S/C18H24N2O3/c1-19(18(22)13-6-4-3-5-7-13)16-10-14-8-9-15(11-16)20(14)12-17(21)23-2/h3-7,14-16H,8-12H2,1-2H3. The van der Waals surface area contributed by atoms with Gasteiger partial charge in [-0.3, -0.25) is 14.5 Å². The van der Waals surface area contributed by atoms with Crippen LogP contribution in [0.2, 0.25) is 0 Å². The predicted octanol–water partition coefficient (Wildman–Crippen LogP) is 1.93. The SMILES string of the molecule is COC(=O)CN1C2CCC1CC(N(C)C(=O)c1ccccc1)C2. The minimum atomic E-state index is -0.172. The van der Waals surface area contributed by atoms with Gasteiger partial charge in [0.05, 0.1) is 13.7 Å². The third-order valence-electron chi connectivity index (χ3n) is 5.29. The number of nitrogens with zero attached hydrogens (tertiary/aromatic N) is 2. The van der Waals surface area contributed by atoms with Crippen molar-refractivity contribution in [3.8, 4) is 0 Å². The summed E-state index contributed by atoms with van der Waals surface area (Å²) >= 11 is 0. The van der Waals surface area contributed by atoms with Crippen LogP contribution < -0.4 is 0 Å². The lowest BCUT2D eigenvalue weighted by Crippen LogP contribution is -2.52. The van der Waals surface area contributed by atoms with Crippen molar-refractivity contribution in [2.45, 2.75) is 43.8 Å². The molecule has 2 unspecified atom stereocenters. The van der Waals surface area contributed by atoms with Crippen LogP contribution in [-0.4, -0.2) is 60.5 Å². The lowest BCUT2D eigenvalue weighted by molar-refractivity contribution is -0.143. The maximum absolute atomic E-state index is 12.6. The third-order valence-corrected chi connectivity index (χ3v) is 5.29. The van der Waals surface area contributed by atoms with Crippen LogP contribution in [0.3, 0.4) is 0 Å². The zero-order valence-corrected chi connectivity index (χ0v) is 13.8. The van der Waals surface area contributed by atoms with Gasteiger partial charge in [-0.15, -0.1) is 0 Å².